The predicted molar refractivity (Wildman–Crippen MR) is 131 cm³/mol. The highest BCUT2D eigenvalue weighted by atomic mass is 32.2. The zero-order chi connectivity index (χ0) is 23.0. The first-order valence-corrected chi connectivity index (χ1v) is 12.0. The lowest BCUT2D eigenvalue weighted by atomic mass is 10.1. The highest BCUT2D eigenvalue weighted by Gasteiger charge is 2.30. The number of hydrogen-bond donors (Lipinski definition) is 1. The molecule has 0 aliphatic rings. The maximum atomic E-state index is 13.3. The fourth-order valence-electron chi connectivity index (χ4n) is 3.40. The summed E-state index contributed by atoms with van der Waals surface area (Å²) in [5.41, 5.74) is 4.27. The predicted octanol–water partition coefficient (Wildman–Crippen LogP) is 5.26. The van der Waals surface area contributed by atoms with Gasteiger partial charge >= 0.3 is 0 Å². The Morgan fingerprint density at radius 2 is 1.68 bits per heavy atom. The minimum Gasteiger partial charge on any atom is -0.350 e. The van der Waals surface area contributed by atoms with Crippen LogP contribution >= 0.6 is 11.8 Å². The number of carbonyl (C=O) groups is 2. The lowest BCUT2D eigenvalue weighted by Crippen LogP contribution is -2.53. The second kappa shape index (κ2) is 11.4. The quantitative estimate of drug-likeness (QED) is 0.579. The van der Waals surface area contributed by atoms with E-state index >= 15 is 0 Å². The SMILES string of the molecule is CC[C@@H](C(=O)NC(C)(C)C)N(Cc1cccc(C)c1)C(=O)CSCc1ccc(C)cc1. The standard InChI is InChI=1S/C26H36N2O2S/c1-7-23(25(30)27-26(4,5)6)28(16-22-10-8-9-20(3)15-22)24(29)18-31-17-21-13-11-19(2)12-14-21/h8-15,23H,7,16-18H2,1-6H3,(H,27,30)/t23-/m0/s1. The highest BCUT2D eigenvalue weighted by molar-refractivity contribution is 7.99. The van der Waals surface area contributed by atoms with Crippen molar-refractivity contribution < 1.29 is 9.59 Å². The van der Waals surface area contributed by atoms with Crippen LogP contribution in [0.4, 0.5) is 0 Å². The molecule has 31 heavy (non-hydrogen) atoms. The van der Waals surface area contributed by atoms with Crippen LogP contribution in [0.3, 0.4) is 0 Å². The second-order valence-electron chi connectivity index (χ2n) is 9.15. The second-order valence-corrected chi connectivity index (χ2v) is 10.1. The van der Waals surface area contributed by atoms with Crippen molar-refractivity contribution in [3.63, 3.8) is 0 Å². The largest absolute Gasteiger partial charge is 0.350 e. The summed E-state index contributed by atoms with van der Waals surface area (Å²) in [6.45, 7) is 12.4. The monoisotopic (exact) mass is 440 g/mol. The van der Waals surface area contributed by atoms with E-state index in [1.54, 1.807) is 16.7 Å². The molecule has 0 unspecified atom stereocenters. The summed E-state index contributed by atoms with van der Waals surface area (Å²) in [4.78, 5) is 28.0. The van der Waals surface area contributed by atoms with Crippen molar-refractivity contribution in [2.24, 2.45) is 0 Å². The van der Waals surface area contributed by atoms with Crippen LogP contribution in [0.25, 0.3) is 0 Å². The molecule has 0 fully saturated rings. The molecule has 0 radical (unpaired) electrons. The van der Waals surface area contributed by atoms with E-state index in [4.69, 9.17) is 0 Å². The van der Waals surface area contributed by atoms with Gasteiger partial charge in [0, 0.05) is 17.8 Å². The van der Waals surface area contributed by atoms with Crippen molar-refractivity contribution >= 4 is 23.6 Å². The molecule has 168 valence electrons. The van der Waals surface area contributed by atoms with E-state index < -0.39 is 6.04 Å². The summed E-state index contributed by atoms with van der Waals surface area (Å²) in [6.07, 6.45) is 0.572. The molecular formula is C26H36N2O2S. The lowest BCUT2D eigenvalue weighted by molar-refractivity contribution is -0.140. The number of nitrogens with one attached hydrogen (secondary N) is 1. The Morgan fingerprint density at radius 3 is 2.26 bits per heavy atom. The first kappa shape index (κ1) is 25.0. The number of hydrogen-bond acceptors (Lipinski definition) is 3. The van der Waals surface area contributed by atoms with E-state index in [1.807, 2.05) is 52.8 Å². The number of nitrogens with zero attached hydrogens (tertiary/aromatic N) is 1. The summed E-state index contributed by atoms with van der Waals surface area (Å²) in [5, 5.41) is 3.05. The van der Waals surface area contributed by atoms with Crippen molar-refractivity contribution in [3.8, 4) is 0 Å². The Morgan fingerprint density at radius 1 is 1.00 bits per heavy atom. The molecule has 0 aromatic heterocycles. The van der Waals surface area contributed by atoms with Gasteiger partial charge in [0.05, 0.1) is 5.75 Å². The van der Waals surface area contributed by atoms with E-state index in [1.165, 1.54) is 11.1 Å². The Bertz CT molecular complexity index is 872. The van der Waals surface area contributed by atoms with Gasteiger partial charge in [0.1, 0.15) is 6.04 Å². The van der Waals surface area contributed by atoms with Gasteiger partial charge in [0.2, 0.25) is 11.8 Å². The summed E-state index contributed by atoms with van der Waals surface area (Å²) in [7, 11) is 0. The van der Waals surface area contributed by atoms with Gasteiger partial charge in [-0.2, -0.15) is 0 Å². The molecule has 4 nitrogen and oxygen atoms in total. The highest BCUT2D eigenvalue weighted by Crippen LogP contribution is 2.18. The molecule has 0 bridgehead atoms. The molecular weight excluding hydrogens is 404 g/mol. The number of carbonyl (C=O) groups excluding carboxylic acids is 2. The number of amides is 2. The maximum Gasteiger partial charge on any atom is 0.243 e. The summed E-state index contributed by atoms with van der Waals surface area (Å²) in [6, 6.07) is 16.0. The van der Waals surface area contributed by atoms with Crippen molar-refractivity contribution in [3.05, 3.63) is 70.8 Å². The third-order valence-electron chi connectivity index (χ3n) is 4.93. The van der Waals surface area contributed by atoms with Crippen LogP contribution < -0.4 is 5.32 Å². The minimum atomic E-state index is -0.493. The third kappa shape index (κ3) is 8.41. The Kier molecular flexibility index (Phi) is 9.17. The van der Waals surface area contributed by atoms with Crippen LogP contribution in [0.15, 0.2) is 48.5 Å². The number of thioether (sulfide) groups is 1. The van der Waals surface area contributed by atoms with Crippen LogP contribution in [-0.2, 0) is 21.9 Å². The minimum absolute atomic E-state index is 0.00507. The molecule has 0 aliphatic carbocycles. The molecule has 1 N–H and O–H groups in total. The topological polar surface area (TPSA) is 49.4 Å². The van der Waals surface area contributed by atoms with Crippen LogP contribution in [0.2, 0.25) is 0 Å². The molecule has 1 atom stereocenters. The average Bonchev–Trinajstić information content (AvgIpc) is 2.68. The van der Waals surface area contributed by atoms with Gasteiger partial charge in [-0.1, -0.05) is 66.6 Å². The van der Waals surface area contributed by atoms with E-state index in [-0.39, 0.29) is 17.4 Å². The maximum absolute atomic E-state index is 13.3. The number of benzene rings is 2. The van der Waals surface area contributed by atoms with E-state index in [0.717, 1.165) is 16.9 Å². The Hall–Kier alpha value is -2.27. The molecule has 0 aliphatic heterocycles. The van der Waals surface area contributed by atoms with Crippen LogP contribution in [0.1, 0.15) is 56.4 Å². The van der Waals surface area contributed by atoms with Crippen LogP contribution in [0.5, 0.6) is 0 Å². The number of rotatable bonds is 9. The fraction of sp³-hybridized carbons (Fsp3) is 0.462. The summed E-state index contributed by atoms with van der Waals surface area (Å²) in [5.74, 6) is 1.02. The molecule has 2 amide bonds. The summed E-state index contributed by atoms with van der Waals surface area (Å²) < 4.78 is 0. The molecule has 2 rings (SSSR count). The van der Waals surface area contributed by atoms with Gasteiger partial charge in [0.15, 0.2) is 0 Å². The normalized spacial score (nSPS) is 12.3. The zero-order valence-corrected chi connectivity index (χ0v) is 20.5. The molecule has 5 heteroatoms. The van der Waals surface area contributed by atoms with Gasteiger partial charge < -0.3 is 10.2 Å². The number of aryl methyl sites for hydroxylation is 2. The van der Waals surface area contributed by atoms with Crippen molar-refractivity contribution in [1.29, 1.82) is 0 Å². The van der Waals surface area contributed by atoms with Crippen LogP contribution in [-0.4, -0.2) is 34.0 Å². The Balaban J connectivity index is 2.15. The fourth-order valence-corrected chi connectivity index (χ4v) is 4.27. The first-order chi connectivity index (χ1) is 14.6. The zero-order valence-electron chi connectivity index (χ0n) is 19.7. The molecule has 0 heterocycles. The Labute approximate surface area is 191 Å². The smallest absolute Gasteiger partial charge is 0.243 e. The molecule has 0 spiro atoms. The van der Waals surface area contributed by atoms with Crippen molar-refractivity contribution in [1.82, 2.24) is 10.2 Å². The van der Waals surface area contributed by atoms with Gasteiger partial charge in [-0.05, 0) is 52.2 Å². The van der Waals surface area contributed by atoms with Gasteiger partial charge in [0.25, 0.3) is 0 Å². The first-order valence-electron chi connectivity index (χ1n) is 10.9. The van der Waals surface area contributed by atoms with E-state index in [2.05, 4.69) is 42.6 Å². The molecule has 0 saturated carbocycles. The van der Waals surface area contributed by atoms with Gasteiger partial charge in [-0.25, -0.2) is 0 Å². The summed E-state index contributed by atoms with van der Waals surface area (Å²) >= 11 is 1.59. The van der Waals surface area contributed by atoms with Gasteiger partial charge in [-0.3, -0.25) is 9.59 Å². The van der Waals surface area contributed by atoms with Gasteiger partial charge in [-0.15, -0.1) is 11.8 Å². The van der Waals surface area contributed by atoms with Crippen molar-refractivity contribution in [2.45, 2.75) is 71.8 Å². The van der Waals surface area contributed by atoms with E-state index in [0.29, 0.717) is 18.7 Å². The van der Waals surface area contributed by atoms with Crippen molar-refractivity contribution in [2.75, 3.05) is 5.75 Å². The molecule has 2 aromatic rings. The third-order valence-corrected chi connectivity index (χ3v) is 5.92. The molecule has 2 aromatic carbocycles. The van der Waals surface area contributed by atoms with E-state index in [9.17, 15) is 9.59 Å². The lowest BCUT2D eigenvalue weighted by Gasteiger charge is -2.33. The van der Waals surface area contributed by atoms with Crippen LogP contribution in [0, 0.1) is 13.8 Å². The molecule has 0 saturated heterocycles. The average molecular weight is 441 g/mol.